The zero-order valence-electron chi connectivity index (χ0n) is 15.3. The van der Waals surface area contributed by atoms with Crippen molar-refractivity contribution in [2.75, 3.05) is 6.61 Å². The second kappa shape index (κ2) is 11.3. The van der Waals surface area contributed by atoms with Crippen molar-refractivity contribution in [2.24, 2.45) is 0 Å². The van der Waals surface area contributed by atoms with Gasteiger partial charge in [0.2, 0.25) is 0 Å². The molecule has 0 spiro atoms. The van der Waals surface area contributed by atoms with E-state index in [0.29, 0.717) is 32.1 Å². The standard InChI is InChI=1S/C21H28O4/c1-4-6-11-19(22)14-17-9-7-10-18(16(17)3)15-20(23)12-8-13-25-21(24)5-2/h5,7,9-10H,2,4,6,8,11-15H2,1,3H3. The number of ketones is 2. The molecule has 0 saturated carbocycles. The second-order valence-electron chi connectivity index (χ2n) is 6.21. The maximum atomic E-state index is 12.1. The molecule has 1 aromatic rings. The topological polar surface area (TPSA) is 60.4 Å². The maximum Gasteiger partial charge on any atom is 0.330 e. The second-order valence-corrected chi connectivity index (χ2v) is 6.21. The fourth-order valence-corrected chi connectivity index (χ4v) is 2.60. The van der Waals surface area contributed by atoms with Gasteiger partial charge in [-0.15, -0.1) is 0 Å². The van der Waals surface area contributed by atoms with Crippen molar-refractivity contribution in [3.63, 3.8) is 0 Å². The van der Waals surface area contributed by atoms with E-state index in [1.54, 1.807) is 0 Å². The number of hydrogen-bond acceptors (Lipinski definition) is 4. The number of ether oxygens (including phenoxy) is 1. The Morgan fingerprint density at radius 1 is 1.04 bits per heavy atom. The van der Waals surface area contributed by atoms with Gasteiger partial charge in [0.15, 0.2) is 0 Å². The zero-order valence-corrected chi connectivity index (χ0v) is 15.3. The molecular formula is C21H28O4. The predicted octanol–water partition coefficient (Wildman–Crippen LogP) is 3.92. The number of unbranched alkanes of at least 4 members (excludes halogenated alkanes) is 1. The summed E-state index contributed by atoms with van der Waals surface area (Å²) in [5.41, 5.74) is 3.00. The summed E-state index contributed by atoms with van der Waals surface area (Å²) < 4.78 is 4.86. The molecule has 0 radical (unpaired) electrons. The maximum absolute atomic E-state index is 12.1. The van der Waals surface area contributed by atoms with E-state index in [9.17, 15) is 14.4 Å². The van der Waals surface area contributed by atoms with Gasteiger partial charge in [0.25, 0.3) is 0 Å². The van der Waals surface area contributed by atoms with Crippen LogP contribution in [0.3, 0.4) is 0 Å². The average molecular weight is 344 g/mol. The van der Waals surface area contributed by atoms with Gasteiger partial charge in [0.1, 0.15) is 11.6 Å². The van der Waals surface area contributed by atoms with Crippen LogP contribution in [0.1, 0.15) is 55.7 Å². The first kappa shape index (κ1) is 20.8. The fraction of sp³-hybridized carbons (Fsp3) is 0.476. The van der Waals surface area contributed by atoms with Crippen LogP contribution < -0.4 is 0 Å². The summed E-state index contributed by atoms with van der Waals surface area (Å²) in [5.74, 6) is -0.117. The number of Topliss-reactive ketones (excluding diaryl/α,β-unsaturated/α-hetero) is 2. The SMILES string of the molecule is C=CC(=O)OCCCC(=O)Cc1cccc(CC(=O)CCCC)c1C. The molecule has 0 unspecified atom stereocenters. The number of hydrogen-bond donors (Lipinski definition) is 0. The summed E-state index contributed by atoms with van der Waals surface area (Å²) >= 11 is 0. The average Bonchev–Trinajstić information content (AvgIpc) is 2.60. The van der Waals surface area contributed by atoms with Gasteiger partial charge < -0.3 is 4.74 Å². The molecule has 0 bridgehead atoms. The van der Waals surface area contributed by atoms with E-state index in [2.05, 4.69) is 13.5 Å². The molecule has 25 heavy (non-hydrogen) atoms. The van der Waals surface area contributed by atoms with Crippen LogP contribution in [-0.4, -0.2) is 24.1 Å². The summed E-state index contributed by atoms with van der Waals surface area (Å²) in [6.07, 6.45) is 5.31. The molecule has 0 fully saturated rings. The van der Waals surface area contributed by atoms with E-state index >= 15 is 0 Å². The lowest BCUT2D eigenvalue weighted by molar-refractivity contribution is -0.138. The molecule has 0 N–H and O–H groups in total. The van der Waals surface area contributed by atoms with Gasteiger partial charge in [0.05, 0.1) is 6.61 Å². The van der Waals surface area contributed by atoms with E-state index in [0.717, 1.165) is 35.6 Å². The van der Waals surface area contributed by atoms with Crippen molar-refractivity contribution >= 4 is 17.5 Å². The molecule has 0 aliphatic heterocycles. The van der Waals surface area contributed by atoms with Crippen molar-refractivity contribution in [1.29, 1.82) is 0 Å². The molecule has 0 atom stereocenters. The highest BCUT2D eigenvalue weighted by Crippen LogP contribution is 2.17. The third-order valence-electron chi connectivity index (χ3n) is 4.15. The predicted molar refractivity (Wildman–Crippen MR) is 98.5 cm³/mol. The van der Waals surface area contributed by atoms with Gasteiger partial charge in [-0.2, -0.15) is 0 Å². The van der Waals surface area contributed by atoms with E-state index in [4.69, 9.17) is 4.74 Å². The molecule has 0 aromatic heterocycles. The van der Waals surface area contributed by atoms with Crippen molar-refractivity contribution in [2.45, 2.75) is 58.8 Å². The first-order valence-electron chi connectivity index (χ1n) is 8.87. The molecule has 1 aromatic carbocycles. The lowest BCUT2D eigenvalue weighted by Gasteiger charge is -2.11. The lowest BCUT2D eigenvalue weighted by Crippen LogP contribution is -2.09. The largest absolute Gasteiger partial charge is 0.463 e. The third-order valence-corrected chi connectivity index (χ3v) is 4.15. The Bertz CT molecular complexity index is 616. The molecule has 136 valence electrons. The smallest absolute Gasteiger partial charge is 0.330 e. The molecule has 0 heterocycles. The minimum Gasteiger partial charge on any atom is -0.463 e. The highest BCUT2D eigenvalue weighted by atomic mass is 16.5. The van der Waals surface area contributed by atoms with Crippen molar-refractivity contribution in [3.05, 3.63) is 47.5 Å². The van der Waals surface area contributed by atoms with Gasteiger partial charge in [0, 0.05) is 31.8 Å². The van der Waals surface area contributed by atoms with Crippen LogP contribution in [0.25, 0.3) is 0 Å². The van der Waals surface area contributed by atoms with Crippen LogP contribution in [-0.2, 0) is 32.0 Å². The van der Waals surface area contributed by atoms with Crippen LogP contribution >= 0.6 is 0 Å². The Kier molecular flexibility index (Phi) is 9.45. The normalized spacial score (nSPS) is 10.3. The Morgan fingerprint density at radius 3 is 2.12 bits per heavy atom. The summed E-state index contributed by atoms with van der Waals surface area (Å²) in [5, 5.41) is 0. The Morgan fingerprint density at radius 2 is 1.60 bits per heavy atom. The first-order valence-corrected chi connectivity index (χ1v) is 8.87. The first-order chi connectivity index (χ1) is 12.0. The Balaban J connectivity index is 2.54. The Hall–Kier alpha value is -2.23. The molecule has 1 rings (SSSR count). The monoisotopic (exact) mass is 344 g/mol. The van der Waals surface area contributed by atoms with Crippen LogP contribution in [0.5, 0.6) is 0 Å². The van der Waals surface area contributed by atoms with Crippen LogP contribution in [0, 0.1) is 6.92 Å². The molecule has 0 amide bonds. The summed E-state index contributed by atoms with van der Waals surface area (Å²) in [6.45, 7) is 7.58. The van der Waals surface area contributed by atoms with Crippen molar-refractivity contribution in [1.82, 2.24) is 0 Å². The van der Waals surface area contributed by atoms with E-state index in [-0.39, 0.29) is 18.2 Å². The highest BCUT2D eigenvalue weighted by Gasteiger charge is 2.11. The number of benzene rings is 1. The van der Waals surface area contributed by atoms with E-state index in [1.165, 1.54) is 0 Å². The number of carbonyl (C=O) groups excluding carboxylic acids is 3. The van der Waals surface area contributed by atoms with Gasteiger partial charge in [-0.05, 0) is 36.5 Å². The minimum atomic E-state index is -0.469. The molecule has 0 saturated heterocycles. The third kappa shape index (κ3) is 7.92. The summed E-state index contributed by atoms with van der Waals surface area (Å²) in [4.78, 5) is 35.1. The lowest BCUT2D eigenvalue weighted by atomic mass is 9.94. The van der Waals surface area contributed by atoms with Crippen LogP contribution in [0.4, 0.5) is 0 Å². The molecular weight excluding hydrogens is 316 g/mol. The van der Waals surface area contributed by atoms with Crippen molar-refractivity contribution < 1.29 is 19.1 Å². The molecule has 4 heteroatoms. The molecule has 4 nitrogen and oxygen atoms in total. The van der Waals surface area contributed by atoms with Gasteiger partial charge >= 0.3 is 5.97 Å². The number of esters is 1. The van der Waals surface area contributed by atoms with Crippen LogP contribution in [0.15, 0.2) is 30.9 Å². The summed E-state index contributed by atoms with van der Waals surface area (Å²) in [6, 6.07) is 5.80. The summed E-state index contributed by atoms with van der Waals surface area (Å²) in [7, 11) is 0. The Labute approximate surface area is 150 Å². The van der Waals surface area contributed by atoms with Gasteiger partial charge in [-0.3, -0.25) is 9.59 Å². The van der Waals surface area contributed by atoms with E-state index < -0.39 is 5.97 Å². The van der Waals surface area contributed by atoms with Gasteiger partial charge in [-0.25, -0.2) is 4.79 Å². The molecule has 0 aliphatic rings. The van der Waals surface area contributed by atoms with E-state index in [1.807, 2.05) is 25.1 Å². The fourth-order valence-electron chi connectivity index (χ4n) is 2.60. The van der Waals surface area contributed by atoms with Crippen LogP contribution in [0.2, 0.25) is 0 Å². The number of rotatable bonds is 12. The molecule has 0 aliphatic carbocycles. The number of carbonyl (C=O) groups is 3. The zero-order chi connectivity index (χ0) is 18.7. The van der Waals surface area contributed by atoms with Crippen molar-refractivity contribution in [3.8, 4) is 0 Å². The highest BCUT2D eigenvalue weighted by molar-refractivity contribution is 5.83. The minimum absolute atomic E-state index is 0.104. The quantitative estimate of drug-likeness (QED) is 0.328. The van der Waals surface area contributed by atoms with Gasteiger partial charge in [-0.1, -0.05) is 38.1 Å².